The zero-order valence-electron chi connectivity index (χ0n) is 12.0. The number of fused-ring (bicyclic) bond motifs is 1. The fraction of sp³-hybridized carbons (Fsp3) is 0.923. The molecule has 0 aromatic heterocycles. The van der Waals surface area contributed by atoms with Gasteiger partial charge in [-0.15, -0.1) is 0 Å². The maximum atomic E-state index is 12.5. The fourth-order valence-electron chi connectivity index (χ4n) is 2.96. The van der Waals surface area contributed by atoms with E-state index in [2.05, 4.69) is 5.32 Å². The lowest BCUT2D eigenvalue weighted by molar-refractivity contribution is -0.133. The second-order valence-electron chi connectivity index (χ2n) is 6.33. The monoisotopic (exact) mass is 288 g/mol. The summed E-state index contributed by atoms with van der Waals surface area (Å²) in [6.07, 6.45) is 3.09. The van der Waals surface area contributed by atoms with E-state index in [9.17, 15) is 13.2 Å². The summed E-state index contributed by atoms with van der Waals surface area (Å²) in [5.41, 5.74) is 0. The van der Waals surface area contributed by atoms with Gasteiger partial charge in [0.25, 0.3) is 0 Å². The highest BCUT2D eigenvalue weighted by molar-refractivity contribution is 7.92. The molecule has 5 nitrogen and oxygen atoms in total. The molecule has 2 aliphatic rings. The maximum absolute atomic E-state index is 12.5. The Kier molecular flexibility index (Phi) is 3.93. The van der Waals surface area contributed by atoms with E-state index in [4.69, 9.17) is 0 Å². The van der Waals surface area contributed by atoms with E-state index in [0.717, 1.165) is 32.2 Å². The van der Waals surface area contributed by atoms with E-state index in [0.29, 0.717) is 24.9 Å². The van der Waals surface area contributed by atoms with Crippen molar-refractivity contribution in [3.05, 3.63) is 0 Å². The van der Waals surface area contributed by atoms with Gasteiger partial charge in [-0.3, -0.25) is 4.79 Å². The molecular formula is C13H24N2O3S. The molecule has 0 unspecified atom stereocenters. The van der Waals surface area contributed by atoms with Gasteiger partial charge in [-0.05, 0) is 51.6 Å². The molecule has 2 rings (SSSR count). The van der Waals surface area contributed by atoms with Gasteiger partial charge < -0.3 is 10.2 Å². The summed E-state index contributed by atoms with van der Waals surface area (Å²) in [5, 5.41) is 3.39. The van der Waals surface area contributed by atoms with Crippen molar-refractivity contribution in [2.45, 2.75) is 31.4 Å². The third-order valence-electron chi connectivity index (χ3n) is 4.75. The Balaban J connectivity index is 2.09. The van der Waals surface area contributed by atoms with Crippen LogP contribution in [0.5, 0.6) is 0 Å². The lowest BCUT2D eigenvalue weighted by atomic mass is 9.92. The Labute approximate surface area is 115 Å². The van der Waals surface area contributed by atoms with Gasteiger partial charge in [0.05, 0.1) is 0 Å². The Morgan fingerprint density at radius 1 is 1.16 bits per heavy atom. The van der Waals surface area contributed by atoms with Crippen molar-refractivity contribution in [3.8, 4) is 0 Å². The predicted molar refractivity (Wildman–Crippen MR) is 74.6 cm³/mol. The van der Waals surface area contributed by atoms with Crippen LogP contribution in [0.1, 0.15) is 26.7 Å². The van der Waals surface area contributed by atoms with Gasteiger partial charge in [-0.1, -0.05) is 0 Å². The zero-order chi connectivity index (χ0) is 14.3. The van der Waals surface area contributed by atoms with Gasteiger partial charge in [0.1, 0.15) is 4.75 Å². The second-order valence-corrected chi connectivity index (χ2v) is 8.90. The number of sulfone groups is 1. The van der Waals surface area contributed by atoms with Crippen molar-refractivity contribution in [3.63, 3.8) is 0 Å². The molecule has 6 heteroatoms. The average molecular weight is 288 g/mol. The summed E-state index contributed by atoms with van der Waals surface area (Å²) in [4.78, 5) is 14.2. The SMILES string of the molecule is CC(C)(C(=O)N1CC[C@@H]2CNC[C@@H]2CC1)S(C)(=O)=O. The van der Waals surface area contributed by atoms with Crippen LogP contribution in [0.4, 0.5) is 0 Å². The van der Waals surface area contributed by atoms with Gasteiger partial charge in [0.2, 0.25) is 5.91 Å². The average Bonchev–Trinajstić information content (AvgIpc) is 2.66. The lowest BCUT2D eigenvalue weighted by Gasteiger charge is -2.30. The van der Waals surface area contributed by atoms with Crippen LogP contribution in [-0.4, -0.2) is 56.4 Å². The van der Waals surface area contributed by atoms with E-state index >= 15 is 0 Å². The first-order chi connectivity index (χ1) is 8.73. The van der Waals surface area contributed by atoms with Gasteiger partial charge in [-0.25, -0.2) is 8.42 Å². The normalized spacial score (nSPS) is 28.9. The molecule has 1 N–H and O–H groups in total. The number of hydrogen-bond acceptors (Lipinski definition) is 4. The van der Waals surface area contributed by atoms with E-state index < -0.39 is 14.6 Å². The van der Waals surface area contributed by atoms with E-state index in [1.165, 1.54) is 13.8 Å². The minimum absolute atomic E-state index is 0.247. The molecule has 0 bridgehead atoms. The van der Waals surface area contributed by atoms with E-state index in [1.54, 1.807) is 4.90 Å². The van der Waals surface area contributed by atoms with Crippen molar-refractivity contribution >= 4 is 15.7 Å². The summed E-state index contributed by atoms with van der Waals surface area (Å²) in [5.74, 6) is 1.03. The van der Waals surface area contributed by atoms with Crippen molar-refractivity contribution in [1.82, 2.24) is 10.2 Å². The van der Waals surface area contributed by atoms with Crippen LogP contribution in [0.25, 0.3) is 0 Å². The predicted octanol–water partition coefficient (Wildman–Crippen LogP) is 0.268. The van der Waals surface area contributed by atoms with Crippen molar-refractivity contribution in [1.29, 1.82) is 0 Å². The third kappa shape index (κ3) is 2.79. The molecule has 19 heavy (non-hydrogen) atoms. The minimum Gasteiger partial charge on any atom is -0.341 e. The molecule has 0 saturated carbocycles. The molecule has 2 fully saturated rings. The molecule has 0 aromatic carbocycles. The first-order valence-corrected chi connectivity index (χ1v) is 8.82. The lowest BCUT2D eigenvalue weighted by Crippen LogP contribution is -2.50. The molecule has 0 spiro atoms. The molecule has 0 radical (unpaired) electrons. The summed E-state index contributed by atoms with van der Waals surface area (Å²) in [6, 6.07) is 0. The number of nitrogens with one attached hydrogen (secondary N) is 1. The highest BCUT2D eigenvalue weighted by Gasteiger charge is 2.42. The smallest absolute Gasteiger partial charge is 0.243 e. The van der Waals surface area contributed by atoms with Crippen molar-refractivity contribution < 1.29 is 13.2 Å². The first kappa shape index (κ1) is 14.8. The molecule has 1 amide bonds. The summed E-state index contributed by atoms with van der Waals surface area (Å²) in [6.45, 7) is 6.45. The topological polar surface area (TPSA) is 66.5 Å². The summed E-state index contributed by atoms with van der Waals surface area (Å²) >= 11 is 0. The summed E-state index contributed by atoms with van der Waals surface area (Å²) in [7, 11) is -3.39. The summed E-state index contributed by atoms with van der Waals surface area (Å²) < 4.78 is 22.2. The molecular weight excluding hydrogens is 264 g/mol. The number of carbonyl (C=O) groups is 1. The van der Waals surface area contributed by atoms with Crippen molar-refractivity contribution in [2.75, 3.05) is 32.4 Å². The van der Waals surface area contributed by atoms with Crippen LogP contribution in [0.3, 0.4) is 0 Å². The van der Waals surface area contributed by atoms with Crippen LogP contribution in [0.2, 0.25) is 0 Å². The highest BCUT2D eigenvalue weighted by atomic mass is 32.2. The Morgan fingerprint density at radius 3 is 2.05 bits per heavy atom. The third-order valence-corrected chi connectivity index (χ3v) is 6.78. The Bertz CT molecular complexity index is 445. The highest BCUT2D eigenvalue weighted by Crippen LogP contribution is 2.29. The van der Waals surface area contributed by atoms with Gasteiger partial charge in [0, 0.05) is 19.3 Å². The van der Waals surface area contributed by atoms with Gasteiger partial charge in [0.15, 0.2) is 9.84 Å². The minimum atomic E-state index is -3.39. The van der Waals surface area contributed by atoms with E-state index in [-0.39, 0.29) is 5.91 Å². The second kappa shape index (κ2) is 5.05. The van der Waals surface area contributed by atoms with Crippen LogP contribution < -0.4 is 5.32 Å². The number of nitrogens with zero attached hydrogens (tertiary/aromatic N) is 1. The van der Waals surface area contributed by atoms with Crippen molar-refractivity contribution in [2.24, 2.45) is 11.8 Å². The number of hydrogen-bond donors (Lipinski definition) is 1. The fourth-order valence-corrected chi connectivity index (χ4v) is 3.41. The van der Waals surface area contributed by atoms with Crippen LogP contribution in [-0.2, 0) is 14.6 Å². The van der Waals surface area contributed by atoms with Crippen LogP contribution in [0, 0.1) is 11.8 Å². The first-order valence-electron chi connectivity index (χ1n) is 6.93. The number of carbonyl (C=O) groups excluding carboxylic acids is 1. The molecule has 2 atom stereocenters. The number of amides is 1. The zero-order valence-corrected chi connectivity index (χ0v) is 12.8. The molecule has 2 heterocycles. The largest absolute Gasteiger partial charge is 0.341 e. The molecule has 2 saturated heterocycles. The molecule has 0 aromatic rings. The number of likely N-dealkylation sites (tertiary alicyclic amines) is 1. The van der Waals surface area contributed by atoms with Crippen LogP contribution >= 0.6 is 0 Å². The molecule has 0 aliphatic carbocycles. The standard InChI is InChI=1S/C13H24N2O3S/c1-13(2,19(3,17)18)12(16)15-6-4-10-8-14-9-11(10)5-7-15/h10-11,14H,4-9H2,1-3H3/t10-,11+. The molecule has 110 valence electrons. The molecule has 2 aliphatic heterocycles. The van der Waals surface area contributed by atoms with E-state index in [1.807, 2.05) is 0 Å². The van der Waals surface area contributed by atoms with Gasteiger partial charge in [-0.2, -0.15) is 0 Å². The van der Waals surface area contributed by atoms with Gasteiger partial charge >= 0.3 is 0 Å². The Hall–Kier alpha value is -0.620. The maximum Gasteiger partial charge on any atom is 0.243 e. The number of rotatable bonds is 2. The quantitative estimate of drug-likeness (QED) is 0.792. The van der Waals surface area contributed by atoms with Crippen LogP contribution in [0.15, 0.2) is 0 Å². The Morgan fingerprint density at radius 2 is 1.63 bits per heavy atom.